The summed E-state index contributed by atoms with van der Waals surface area (Å²) in [6.45, 7) is 5.91. The quantitative estimate of drug-likeness (QED) is 0.565. The number of aliphatic hydroxyl groups excluding tert-OH is 3. The normalized spacial score (nSPS) is 12.3. The molecule has 0 saturated carbocycles. The van der Waals surface area contributed by atoms with Crippen molar-refractivity contribution in [3.8, 4) is 0 Å². The van der Waals surface area contributed by atoms with Gasteiger partial charge < -0.3 is 15.3 Å². The van der Waals surface area contributed by atoms with Crippen LogP contribution >= 0.6 is 0 Å². The molecule has 0 heterocycles. The van der Waals surface area contributed by atoms with Gasteiger partial charge in [0.2, 0.25) is 0 Å². The molecule has 11 heavy (non-hydrogen) atoms. The molecule has 70 valence electrons. The molecular weight excluding hydrogens is 144 g/mol. The Morgan fingerprint density at radius 3 is 1.45 bits per heavy atom. The van der Waals surface area contributed by atoms with E-state index in [9.17, 15) is 0 Å². The van der Waals surface area contributed by atoms with Gasteiger partial charge in [-0.25, -0.2) is 0 Å². The zero-order valence-electron chi connectivity index (χ0n) is 7.62. The van der Waals surface area contributed by atoms with E-state index in [-0.39, 0.29) is 6.61 Å². The highest BCUT2D eigenvalue weighted by atomic mass is 16.3. The predicted octanol–water partition coefficient (Wildman–Crippen LogP) is 0.384. The topological polar surface area (TPSA) is 60.7 Å². The minimum absolute atomic E-state index is 0.139. The van der Waals surface area contributed by atoms with Gasteiger partial charge in [-0.1, -0.05) is 13.8 Å². The largest absolute Gasteiger partial charge is 0.396 e. The van der Waals surface area contributed by atoms with E-state index in [4.69, 9.17) is 15.3 Å². The molecule has 3 nitrogen and oxygen atoms in total. The lowest BCUT2D eigenvalue weighted by Gasteiger charge is -1.95. The summed E-state index contributed by atoms with van der Waals surface area (Å²) in [5, 5.41) is 24.2. The summed E-state index contributed by atoms with van der Waals surface area (Å²) in [5.74, 6) is 0.648. The van der Waals surface area contributed by atoms with E-state index in [0.717, 1.165) is 6.42 Å². The Hall–Kier alpha value is -0.120. The van der Waals surface area contributed by atoms with Crippen LogP contribution in [0.4, 0.5) is 0 Å². The van der Waals surface area contributed by atoms with Crippen molar-refractivity contribution in [2.75, 3.05) is 13.2 Å². The molecule has 1 atom stereocenters. The standard InChI is InChI=1S/C5H12O.C3H8O2/c1-5(2)3-4-6;1-3(5)2-4/h5-6H,3-4H2,1-2H3;3-5H,2H2,1H3. The first kappa shape index (κ1) is 13.5. The highest BCUT2D eigenvalue weighted by Crippen LogP contribution is 1.94. The zero-order chi connectivity index (χ0) is 9.28. The summed E-state index contributed by atoms with van der Waals surface area (Å²) in [6, 6.07) is 0. The summed E-state index contributed by atoms with van der Waals surface area (Å²) >= 11 is 0. The van der Waals surface area contributed by atoms with Crippen LogP contribution in [0.5, 0.6) is 0 Å². The van der Waals surface area contributed by atoms with Gasteiger partial charge in [0.25, 0.3) is 0 Å². The molecule has 0 spiro atoms. The molecular formula is C8H20O3. The predicted molar refractivity (Wildman–Crippen MR) is 45.3 cm³/mol. The molecule has 0 aliphatic rings. The Morgan fingerprint density at radius 1 is 1.09 bits per heavy atom. The molecule has 0 radical (unpaired) electrons. The molecule has 0 fully saturated rings. The molecule has 0 saturated heterocycles. The molecule has 3 heteroatoms. The zero-order valence-corrected chi connectivity index (χ0v) is 7.62. The van der Waals surface area contributed by atoms with Crippen molar-refractivity contribution in [1.29, 1.82) is 0 Å². The van der Waals surface area contributed by atoms with Crippen LogP contribution in [-0.4, -0.2) is 34.6 Å². The number of hydrogen-bond donors (Lipinski definition) is 3. The van der Waals surface area contributed by atoms with E-state index >= 15 is 0 Å². The smallest absolute Gasteiger partial charge is 0.0742 e. The van der Waals surface area contributed by atoms with Crippen molar-refractivity contribution in [3.05, 3.63) is 0 Å². The van der Waals surface area contributed by atoms with Crippen LogP contribution < -0.4 is 0 Å². The fourth-order valence-electron chi connectivity index (χ4n) is 0.258. The number of hydrogen-bond acceptors (Lipinski definition) is 3. The van der Waals surface area contributed by atoms with Crippen LogP contribution in [0.3, 0.4) is 0 Å². The summed E-state index contributed by atoms with van der Waals surface area (Å²) in [4.78, 5) is 0. The molecule has 0 aromatic carbocycles. The van der Waals surface area contributed by atoms with E-state index in [0.29, 0.717) is 12.5 Å². The van der Waals surface area contributed by atoms with Gasteiger partial charge in [-0.05, 0) is 19.3 Å². The lowest BCUT2D eigenvalue weighted by Crippen LogP contribution is -2.03. The van der Waals surface area contributed by atoms with Crippen molar-refractivity contribution in [2.24, 2.45) is 5.92 Å². The van der Waals surface area contributed by atoms with Gasteiger partial charge in [-0.2, -0.15) is 0 Å². The Labute approximate surface area is 68.7 Å². The Bertz CT molecular complexity index is 62.4. The van der Waals surface area contributed by atoms with Gasteiger partial charge in [-0.15, -0.1) is 0 Å². The fraction of sp³-hybridized carbons (Fsp3) is 1.00. The van der Waals surface area contributed by atoms with Gasteiger partial charge in [0.05, 0.1) is 12.7 Å². The first-order valence-electron chi connectivity index (χ1n) is 3.94. The molecule has 0 aromatic heterocycles. The maximum atomic E-state index is 8.24. The first-order chi connectivity index (χ1) is 5.04. The van der Waals surface area contributed by atoms with Crippen LogP contribution in [-0.2, 0) is 0 Å². The van der Waals surface area contributed by atoms with Crippen LogP contribution in [0.1, 0.15) is 27.2 Å². The van der Waals surface area contributed by atoms with E-state index in [1.165, 1.54) is 6.92 Å². The third-order valence-corrected chi connectivity index (χ3v) is 0.971. The Balaban J connectivity index is 0. The van der Waals surface area contributed by atoms with Crippen LogP contribution in [0.2, 0.25) is 0 Å². The van der Waals surface area contributed by atoms with Gasteiger partial charge in [0.15, 0.2) is 0 Å². The molecule has 0 amide bonds. The van der Waals surface area contributed by atoms with Crippen LogP contribution in [0.15, 0.2) is 0 Å². The average Bonchev–Trinajstić information content (AvgIpc) is 1.89. The van der Waals surface area contributed by atoms with E-state index in [2.05, 4.69) is 13.8 Å². The maximum absolute atomic E-state index is 8.24. The second-order valence-corrected chi connectivity index (χ2v) is 2.94. The van der Waals surface area contributed by atoms with E-state index in [1.807, 2.05) is 0 Å². The number of rotatable bonds is 3. The second kappa shape index (κ2) is 9.88. The Morgan fingerprint density at radius 2 is 1.45 bits per heavy atom. The molecule has 0 aliphatic heterocycles. The molecule has 3 N–H and O–H groups in total. The molecule has 0 rings (SSSR count). The van der Waals surface area contributed by atoms with Gasteiger partial charge in [-0.3, -0.25) is 0 Å². The first-order valence-corrected chi connectivity index (χ1v) is 3.94. The van der Waals surface area contributed by atoms with Gasteiger partial charge in [0, 0.05) is 6.61 Å². The highest BCUT2D eigenvalue weighted by molar-refractivity contribution is 4.38. The molecule has 1 unspecified atom stereocenters. The van der Waals surface area contributed by atoms with Crippen LogP contribution in [0.25, 0.3) is 0 Å². The van der Waals surface area contributed by atoms with E-state index in [1.54, 1.807) is 0 Å². The van der Waals surface area contributed by atoms with Gasteiger partial charge in [0.1, 0.15) is 0 Å². The Kier molecular flexibility index (Phi) is 12.1. The van der Waals surface area contributed by atoms with Crippen molar-refractivity contribution in [1.82, 2.24) is 0 Å². The average molecular weight is 164 g/mol. The van der Waals surface area contributed by atoms with Gasteiger partial charge >= 0.3 is 0 Å². The third-order valence-electron chi connectivity index (χ3n) is 0.971. The van der Waals surface area contributed by atoms with Crippen molar-refractivity contribution in [2.45, 2.75) is 33.3 Å². The monoisotopic (exact) mass is 164 g/mol. The summed E-state index contributed by atoms with van der Waals surface area (Å²) < 4.78 is 0. The summed E-state index contributed by atoms with van der Waals surface area (Å²) in [5.41, 5.74) is 0. The van der Waals surface area contributed by atoms with Crippen molar-refractivity contribution >= 4 is 0 Å². The SMILES string of the molecule is CC(C)CCO.CC(O)CO. The number of aliphatic hydroxyl groups is 3. The van der Waals surface area contributed by atoms with Crippen LogP contribution in [0, 0.1) is 5.92 Å². The minimum atomic E-state index is -0.560. The highest BCUT2D eigenvalue weighted by Gasteiger charge is 1.86. The molecule has 0 aromatic rings. The minimum Gasteiger partial charge on any atom is -0.396 e. The second-order valence-electron chi connectivity index (χ2n) is 2.94. The van der Waals surface area contributed by atoms with Crippen molar-refractivity contribution in [3.63, 3.8) is 0 Å². The lowest BCUT2D eigenvalue weighted by atomic mass is 10.2. The fourth-order valence-corrected chi connectivity index (χ4v) is 0.258. The maximum Gasteiger partial charge on any atom is 0.0742 e. The molecule has 0 bridgehead atoms. The summed E-state index contributed by atoms with van der Waals surface area (Å²) in [7, 11) is 0. The van der Waals surface area contributed by atoms with E-state index < -0.39 is 6.10 Å². The lowest BCUT2D eigenvalue weighted by molar-refractivity contribution is 0.110. The van der Waals surface area contributed by atoms with Crippen molar-refractivity contribution < 1.29 is 15.3 Å². The summed E-state index contributed by atoms with van der Waals surface area (Å²) in [6.07, 6.45) is 0.370. The third kappa shape index (κ3) is 25.8. The molecule has 0 aliphatic carbocycles.